The molecule has 1 rings (SSSR count). The van der Waals surface area contributed by atoms with Gasteiger partial charge in [-0.05, 0) is 19.1 Å². The summed E-state index contributed by atoms with van der Waals surface area (Å²) in [4.78, 5) is 10.3. The fraction of sp³-hybridized carbons (Fsp3) is 0.222. The Morgan fingerprint density at radius 3 is 2.83 bits per heavy atom. The number of ether oxygens (including phenoxy) is 1. The standard InChI is InChI=1S/C9H9FO2/c1-2-12-9-4-7(6-11)3-8(10)5-9/h3-6H,2H2,1H3. The largest absolute Gasteiger partial charge is 0.494 e. The molecule has 0 aromatic heterocycles. The molecule has 12 heavy (non-hydrogen) atoms. The summed E-state index contributed by atoms with van der Waals surface area (Å²) in [6.07, 6.45) is 0.589. The maximum atomic E-state index is 12.7. The molecule has 0 amide bonds. The second-order valence-corrected chi connectivity index (χ2v) is 2.27. The van der Waals surface area contributed by atoms with Crippen LogP contribution in [0.3, 0.4) is 0 Å². The van der Waals surface area contributed by atoms with Crippen LogP contribution in [0, 0.1) is 5.82 Å². The third kappa shape index (κ3) is 2.05. The van der Waals surface area contributed by atoms with Crippen molar-refractivity contribution >= 4 is 6.29 Å². The molecule has 3 heteroatoms. The average Bonchev–Trinajstić information content (AvgIpc) is 2.04. The van der Waals surface area contributed by atoms with Gasteiger partial charge in [-0.25, -0.2) is 4.39 Å². The highest BCUT2D eigenvalue weighted by molar-refractivity contribution is 5.75. The molecule has 0 saturated heterocycles. The Hall–Kier alpha value is -1.38. The molecule has 0 atom stereocenters. The van der Waals surface area contributed by atoms with Gasteiger partial charge in [0.05, 0.1) is 6.61 Å². The summed E-state index contributed by atoms with van der Waals surface area (Å²) in [6.45, 7) is 2.26. The summed E-state index contributed by atoms with van der Waals surface area (Å²) >= 11 is 0. The molecule has 0 fully saturated rings. The molecule has 0 unspecified atom stereocenters. The second kappa shape index (κ2) is 3.85. The third-order valence-electron chi connectivity index (χ3n) is 1.34. The van der Waals surface area contributed by atoms with Crippen LogP contribution in [-0.2, 0) is 0 Å². The number of carbonyl (C=O) groups is 1. The van der Waals surface area contributed by atoms with Crippen molar-refractivity contribution in [1.29, 1.82) is 0 Å². The summed E-state index contributed by atoms with van der Waals surface area (Å²) in [5, 5.41) is 0. The summed E-state index contributed by atoms with van der Waals surface area (Å²) in [7, 11) is 0. The van der Waals surface area contributed by atoms with E-state index in [0.717, 1.165) is 6.07 Å². The van der Waals surface area contributed by atoms with E-state index in [-0.39, 0.29) is 0 Å². The monoisotopic (exact) mass is 168 g/mol. The first kappa shape index (κ1) is 8.71. The van der Waals surface area contributed by atoms with Crippen molar-refractivity contribution in [3.63, 3.8) is 0 Å². The molecule has 64 valence electrons. The number of aldehydes is 1. The predicted octanol–water partition coefficient (Wildman–Crippen LogP) is 2.04. The van der Waals surface area contributed by atoms with Crippen molar-refractivity contribution in [3.8, 4) is 5.75 Å². The van der Waals surface area contributed by atoms with E-state index >= 15 is 0 Å². The van der Waals surface area contributed by atoms with E-state index in [1.807, 2.05) is 0 Å². The van der Waals surface area contributed by atoms with E-state index < -0.39 is 5.82 Å². The highest BCUT2D eigenvalue weighted by atomic mass is 19.1. The molecule has 0 bridgehead atoms. The van der Waals surface area contributed by atoms with E-state index in [1.165, 1.54) is 12.1 Å². The molecule has 0 spiro atoms. The molecule has 0 saturated carbocycles. The maximum absolute atomic E-state index is 12.7. The van der Waals surface area contributed by atoms with Crippen LogP contribution in [0.25, 0.3) is 0 Å². The predicted molar refractivity (Wildman–Crippen MR) is 43.0 cm³/mol. The first-order chi connectivity index (χ1) is 5.76. The van der Waals surface area contributed by atoms with Crippen LogP contribution in [0.2, 0.25) is 0 Å². The fourth-order valence-corrected chi connectivity index (χ4v) is 0.902. The van der Waals surface area contributed by atoms with Gasteiger partial charge in [-0.1, -0.05) is 0 Å². The molecule has 0 radical (unpaired) electrons. The van der Waals surface area contributed by atoms with Crippen LogP contribution in [0.15, 0.2) is 18.2 Å². The highest BCUT2D eigenvalue weighted by Gasteiger charge is 1.99. The highest BCUT2D eigenvalue weighted by Crippen LogP contribution is 2.14. The lowest BCUT2D eigenvalue weighted by Crippen LogP contribution is -1.93. The zero-order valence-electron chi connectivity index (χ0n) is 6.71. The molecule has 1 aromatic rings. The van der Waals surface area contributed by atoms with Crippen LogP contribution in [-0.4, -0.2) is 12.9 Å². The molecular weight excluding hydrogens is 159 g/mol. The lowest BCUT2D eigenvalue weighted by Gasteiger charge is -2.02. The van der Waals surface area contributed by atoms with Crippen LogP contribution >= 0.6 is 0 Å². The van der Waals surface area contributed by atoms with Crippen LogP contribution in [0.5, 0.6) is 5.75 Å². The normalized spacial score (nSPS) is 9.50. The Kier molecular flexibility index (Phi) is 2.80. The van der Waals surface area contributed by atoms with Crippen molar-refractivity contribution in [2.75, 3.05) is 6.61 Å². The fourth-order valence-electron chi connectivity index (χ4n) is 0.902. The van der Waals surface area contributed by atoms with Crippen molar-refractivity contribution < 1.29 is 13.9 Å². The van der Waals surface area contributed by atoms with Crippen molar-refractivity contribution in [3.05, 3.63) is 29.6 Å². The third-order valence-corrected chi connectivity index (χ3v) is 1.34. The minimum atomic E-state index is -0.456. The van der Waals surface area contributed by atoms with Gasteiger partial charge < -0.3 is 4.74 Å². The van der Waals surface area contributed by atoms with E-state index in [9.17, 15) is 9.18 Å². The molecular formula is C9H9FO2. The van der Waals surface area contributed by atoms with Gasteiger partial charge >= 0.3 is 0 Å². The molecule has 0 N–H and O–H groups in total. The van der Waals surface area contributed by atoms with Crippen LogP contribution < -0.4 is 4.74 Å². The van der Waals surface area contributed by atoms with Gasteiger partial charge in [0.2, 0.25) is 0 Å². The van der Waals surface area contributed by atoms with Crippen molar-refractivity contribution in [2.45, 2.75) is 6.92 Å². The molecule has 0 aliphatic heterocycles. The number of halogens is 1. The second-order valence-electron chi connectivity index (χ2n) is 2.27. The van der Waals surface area contributed by atoms with Gasteiger partial charge in [0.1, 0.15) is 17.9 Å². The van der Waals surface area contributed by atoms with Gasteiger partial charge in [-0.15, -0.1) is 0 Å². The number of hydrogen-bond acceptors (Lipinski definition) is 2. The Morgan fingerprint density at radius 1 is 1.50 bits per heavy atom. The van der Waals surface area contributed by atoms with Crippen molar-refractivity contribution in [2.24, 2.45) is 0 Å². The van der Waals surface area contributed by atoms with Gasteiger partial charge in [-0.3, -0.25) is 4.79 Å². The zero-order chi connectivity index (χ0) is 8.97. The lowest BCUT2D eigenvalue weighted by molar-refractivity contribution is 0.112. The topological polar surface area (TPSA) is 26.3 Å². The SMILES string of the molecule is CCOc1cc(F)cc(C=O)c1. The van der Waals surface area contributed by atoms with Crippen LogP contribution in [0.1, 0.15) is 17.3 Å². The minimum Gasteiger partial charge on any atom is -0.494 e. The minimum absolute atomic E-state index is 0.290. The number of hydrogen-bond donors (Lipinski definition) is 0. The lowest BCUT2D eigenvalue weighted by atomic mass is 10.2. The number of benzene rings is 1. The van der Waals surface area contributed by atoms with Gasteiger partial charge in [0, 0.05) is 11.6 Å². The molecule has 0 heterocycles. The first-order valence-corrected chi connectivity index (χ1v) is 3.65. The van der Waals surface area contributed by atoms with Gasteiger partial charge in [0.15, 0.2) is 0 Å². The van der Waals surface area contributed by atoms with Crippen LogP contribution in [0.4, 0.5) is 4.39 Å². The molecule has 1 aromatic carbocycles. The first-order valence-electron chi connectivity index (χ1n) is 3.65. The van der Waals surface area contributed by atoms with E-state index in [2.05, 4.69) is 0 Å². The quantitative estimate of drug-likeness (QED) is 0.645. The smallest absolute Gasteiger partial charge is 0.150 e. The number of rotatable bonds is 3. The summed E-state index contributed by atoms with van der Waals surface area (Å²) in [5.74, 6) is -0.0670. The Balaban J connectivity index is 2.97. The maximum Gasteiger partial charge on any atom is 0.150 e. The van der Waals surface area contributed by atoms with E-state index in [1.54, 1.807) is 6.92 Å². The summed E-state index contributed by atoms with van der Waals surface area (Å²) in [6, 6.07) is 3.91. The Bertz CT molecular complexity index is 284. The number of carbonyl (C=O) groups excluding carboxylic acids is 1. The van der Waals surface area contributed by atoms with E-state index in [4.69, 9.17) is 4.74 Å². The molecule has 0 aliphatic rings. The average molecular weight is 168 g/mol. The summed E-state index contributed by atoms with van der Waals surface area (Å²) in [5.41, 5.74) is 0.290. The van der Waals surface area contributed by atoms with Gasteiger partial charge in [0.25, 0.3) is 0 Å². The molecule has 0 aliphatic carbocycles. The van der Waals surface area contributed by atoms with E-state index in [0.29, 0.717) is 24.2 Å². The zero-order valence-corrected chi connectivity index (χ0v) is 6.71. The summed E-state index contributed by atoms with van der Waals surface area (Å²) < 4.78 is 17.7. The molecule has 2 nitrogen and oxygen atoms in total. The van der Waals surface area contributed by atoms with Gasteiger partial charge in [-0.2, -0.15) is 0 Å². The Labute approximate surface area is 70.0 Å². The Morgan fingerprint density at radius 2 is 2.25 bits per heavy atom. The van der Waals surface area contributed by atoms with Crippen molar-refractivity contribution in [1.82, 2.24) is 0 Å².